The molecule has 6 rings (SSSR count). The Morgan fingerprint density at radius 2 is 1.86 bits per heavy atom. The molecule has 150 valence electrons. The van der Waals surface area contributed by atoms with Gasteiger partial charge in [-0.05, 0) is 81.4 Å². The highest BCUT2D eigenvalue weighted by molar-refractivity contribution is 5.88. The summed E-state index contributed by atoms with van der Waals surface area (Å²) in [7, 11) is 2.12. The molecule has 0 radical (unpaired) electrons. The van der Waals surface area contributed by atoms with E-state index >= 15 is 0 Å². The number of piperidine rings is 1. The molecule has 5 atom stereocenters. The van der Waals surface area contributed by atoms with Crippen LogP contribution in [0.3, 0.4) is 0 Å². The summed E-state index contributed by atoms with van der Waals surface area (Å²) in [6, 6.07) is 11.7. The van der Waals surface area contributed by atoms with Gasteiger partial charge < -0.3 is 10.2 Å². The van der Waals surface area contributed by atoms with E-state index in [2.05, 4.69) is 54.5 Å². The SMILES string of the molecule is CC[C@@]12CC3CC4(C(=O)N(C)C5CCNCC5)C[C@](c5ccccc5)(C1)C42C3. The summed E-state index contributed by atoms with van der Waals surface area (Å²) in [6.07, 6.45) is 9.75. The smallest absolute Gasteiger partial charge is 0.229 e. The predicted octanol–water partition coefficient (Wildman–Crippen LogP) is 4.13. The summed E-state index contributed by atoms with van der Waals surface area (Å²) in [5.74, 6) is 1.28. The summed E-state index contributed by atoms with van der Waals surface area (Å²) in [4.78, 5) is 16.3. The van der Waals surface area contributed by atoms with Gasteiger partial charge in [0.2, 0.25) is 5.91 Å². The molecule has 1 N–H and O–H groups in total. The Hall–Kier alpha value is -1.35. The molecule has 3 heteroatoms. The Morgan fingerprint density at radius 3 is 2.57 bits per heavy atom. The van der Waals surface area contributed by atoms with E-state index in [1.54, 1.807) is 0 Å². The number of hydrogen-bond donors (Lipinski definition) is 1. The van der Waals surface area contributed by atoms with Gasteiger partial charge in [-0.15, -0.1) is 0 Å². The Balaban J connectivity index is 1.41. The molecule has 1 spiro atoms. The van der Waals surface area contributed by atoms with Crippen molar-refractivity contribution in [1.29, 1.82) is 0 Å². The molecule has 3 nitrogen and oxygen atoms in total. The monoisotopic (exact) mass is 378 g/mol. The quantitative estimate of drug-likeness (QED) is 0.855. The second-order valence-electron chi connectivity index (χ2n) is 10.8. The van der Waals surface area contributed by atoms with Crippen LogP contribution in [-0.2, 0) is 10.2 Å². The minimum absolute atomic E-state index is 0.0698. The van der Waals surface area contributed by atoms with Crippen molar-refractivity contribution in [2.24, 2.45) is 22.2 Å². The molecule has 0 aromatic heterocycles. The Kier molecular flexibility index (Phi) is 3.38. The maximum absolute atomic E-state index is 14.1. The number of benzene rings is 1. The maximum Gasteiger partial charge on any atom is 0.229 e. The summed E-state index contributed by atoms with van der Waals surface area (Å²) in [5, 5.41) is 3.45. The predicted molar refractivity (Wildman–Crippen MR) is 111 cm³/mol. The highest BCUT2D eigenvalue weighted by atomic mass is 16.2. The molecule has 28 heavy (non-hydrogen) atoms. The standard InChI is InChI=1S/C25H34N2O/c1-3-22-13-18-14-23(21(28)27(2)20-9-11-26-12-10-20)17-24(16-22,25(22,23)15-18)19-7-5-4-6-8-19/h4-8,18,20,26H,3,9-17H2,1-2H3/t18?,22-,23?,24+,25?/m1/s1. The number of rotatable bonds is 4. The third kappa shape index (κ3) is 1.64. The molecule has 3 unspecified atom stereocenters. The molecule has 1 aromatic rings. The number of nitrogens with one attached hydrogen (secondary N) is 1. The van der Waals surface area contributed by atoms with Crippen molar-refractivity contribution in [3.63, 3.8) is 0 Å². The van der Waals surface area contributed by atoms with E-state index < -0.39 is 0 Å². The van der Waals surface area contributed by atoms with E-state index in [4.69, 9.17) is 0 Å². The number of carbonyl (C=O) groups is 1. The number of amides is 1. The Morgan fingerprint density at radius 1 is 1.11 bits per heavy atom. The van der Waals surface area contributed by atoms with Crippen LogP contribution in [0.1, 0.15) is 63.9 Å². The lowest BCUT2D eigenvalue weighted by Crippen LogP contribution is -2.83. The number of carbonyl (C=O) groups excluding carboxylic acids is 1. The first kappa shape index (κ1) is 17.5. The van der Waals surface area contributed by atoms with Gasteiger partial charge in [-0.25, -0.2) is 0 Å². The minimum atomic E-state index is -0.0698. The van der Waals surface area contributed by atoms with E-state index in [9.17, 15) is 4.79 Å². The van der Waals surface area contributed by atoms with Crippen LogP contribution in [0.15, 0.2) is 30.3 Å². The van der Waals surface area contributed by atoms with Gasteiger partial charge in [-0.2, -0.15) is 0 Å². The van der Waals surface area contributed by atoms with Gasteiger partial charge in [0.05, 0.1) is 5.41 Å². The van der Waals surface area contributed by atoms with Crippen molar-refractivity contribution in [3.8, 4) is 0 Å². The van der Waals surface area contributed by atoms with Crippen molar-refractivity contribution in [1.82, 2.24) is 10.2 Å². The lowest BCUT2D eigenvalue weighted by atomic mass is 9.18. The van der Waals surface area contributed by atoms with Crippen molar-refractivity contribution < 1.29 is 4.79 Å². The molecular weight excluding hydrogens is 344 g/mol. The Labute approximate surface area is 169 Å². The molecule has 1 saturated heterocycles. The molecule has 4 aliphatic carbocycles. The number of hydrogen-bond acceptors (Lipinski definition) is 2. The first-order valence-corrected chi connectivity index (χ1v) is 11.6. The van der Waals surface area contributed by atoms with Crippen LogP contribution in [0.4, 0.5) is 0 Å². The van der Waals surface area contributed by atoms with E-state index in [0.29, 0.717) is 17.4 Å². The normalized spacial score (nSPS) is 45.9. The lowest BCUT2D eigenvalue weighted by molar-refractivity contribution is -0.313. The average Bonchev–Trinajstić information content (AvgIpc) is 3.21. The fourth-order valence-electron chi connectivity index (χ4n) is 9.64. The minimum Gasteiger partial charge on any atom is -0.342 e. The average molecular weight is 379 g/mol. The van der Waals surface area contributed by atoms with Gasteiger partial charge in [0.15, 0.2) is 0 Å². The van der Waals surface area contributed by atoms with Crippen LogP contribution in [0, 0.1) is 22.2 Å². The molecule has 1 aliphatic heterocycles. The highest BCUT2D eigenvalue weighted by Gasteiger charge is 2.93. The van der Waals surface area contributed by atoms with Gasteiger partial charge in [0, 0.05) is 23.9 Å². The van der Waals surface area contributed by atoms with Crippen LogP contribution >= 0.6 is 0 Å². The summed E-state index contributed by atoms with van der Waals surface area (Å²) in [6.45, 7) is 4.50. The summed E-state index contributed by atoms with van der Waals surface area (Å²) >= 11 is 0. The second-order valence-corrected chi connectivity index (χ2v) is 10.8. The largest absolute Gasteiger partial charge is 0.342 e. The maximum atomic E-state index is 14.1. The van der Waals surface area contributed by atoms with E-state index in [0.717, 1.165) is 44.7 Å². The molecule has 2 bridgehead atoms. The van der Waals surface area contributed by atoms with Crippen LogP contribution in [-0.4, -0.2) is 37.0 Å². The van der Waals surface area contributed by atoms with Crippen molar-refractivity contribution in [2.45, 2.75) is 69.7 Å². The molecule has 1 amide bonds. The fraction of sp³-hybridized carbons (Fsp3) is 0.720. The third-order valence-corrected chi connectivity index (χ3v) is 10.3. The number of fused-ring (bicyclic) bond motifs is 1. The third-order valence-electron chi connectivity index (χ3n) is 10.3. The van der Waals surface area contributed by atoms with Gasteiger partial charge in [-0.1, -0.05) is 37.3 Å². The van der Waals surface area contributed by atoms with Crippen LogP contribution < -0.4 is 5.32 Å². The van der Waals surface area contributed by atoms with Gasteiger partial charge in [0.25, 0.3) is 0 Å². The highest BCUT2D eigenvalue weighted by Crippen LogP contribution is 2.96. The first-order valence-electron chi connectivity index (χ1n) is 11.6. The summed E-state index contributed by atoms with van der Waals surface area (Å²) in [5.41, 5.74) is 2.40. The van der Waals surface area contributed by atoms with E-state index in [-0.39, 0.29) is 16.2 Å². The van der Waals surface area contributed by atoms with Gasteiger partial charge in [-0.3, -0.25) is 4.79 Å². The molecule has 5 fully saturated rings. The molecule has 1 aromatic carbocycles. The number of nitrogens with zero attached hydrogens (tertiary/aromatic N) is 1. The van der Waals surface area contributed by atoms with Crippen LogP contribution in [0.25, 0.3) is 0 Å². The van der Waals surface area contributed by atoms with Crippen molar-refractivity contribution >= 4 is 5.91 Å². The topological polar surface area (TPSA) is 32.3 Å². The van der Waals surface area contributed by atoms with Crippen molar-refractivity contribution in [3.05, 3.63) is 35.9 Å². The van der Waals surface area contributed by atoms with Gasteiger partial charge >= 0.3 is 0 Å². The van der Waals surface area contributed by atoms with E-state index in [1.165, 1.54) is 31.2 Å². The van der Waals surface area contributed by atoms with Crippen molar-refractivity contribution in [2.75, 3.05) is 20.1 Å². The molecule has 5 aliphatic rings. The van der Waals surface area contributed by atoms with Crippen LogP contribution in [0.5, 0.6) is 0 Å². The molecule has 4 saturated carbocycles. The zero-order valence-corrected chi connectivity index (χ0v) is 17.5. The lowest BCUT2D eigenvalue weighted by Gasteiger charge is -2.84. The second kappa shape index (κ2) is 5.41. The van der Waals surface area contributed by atoms with E-state index in [1.807, 2.05) is 0 Å². The molecule has 1 heterocycles. The van der Waals surface area contributed by atoms with Gasteiger partial charge in [0.1, 0.15) is 0 Å². The summed E-state index contributed by atoms with van der Waals surface area (Å²) < 4.78 is 0. The fourth-order valence-corrected chi connectivity index (χ4v) is 9.64. The zero-order valence-electron chi connectivity index (χ0n) is 17.5. The van der Waals surface area contributed by atoms with Crippen LogP contribution in [0.2, 0.25) is 0 Å². The first-order chi connectivity index (χ1) is 13.5. The zero-order chi connectivity index (χ0) is 19.2. The molecular formula is C25H34N2O. The Bertz CT molecular complexity index is 817.